The number of rotatable bonds is 3. The molecular weight excluding hydrogens is 308 g/mol. The van der Waals surface area contributed by atoms with Crippen LogP contribution in [0.3, 0.4) is 0 Å². The third-order valence-corrected chi connectivity index (χ3v) is 3.02. The molecule has 0 N–H and O–H groups in total. The summed E-state index contributed by atoms with van der Waals surface area (Å²) in [5.41, 5.74) is 0.539. The molecule has 0 saturated carbocycles. The SMILES string of the molecule is O=C(OCc1cc(=O)n2cc(Cl)ccc2n1)c1cnccn1. The van der Waals surface area contributed by atoms with Crippen molar-refractivity contribution in [3.8, 4) is 0 Å². The molecule has 0 aliphatic rings. The van der Waals surface area contributed by atoms with Crippen molar-refractivity contribution in [3.63, 3.8) is 0 Å². The molecule has 0 aliphatic heterocycles. The number of nitrogens with zero attached hydrogens (tertiary/aromatic N) is 4. The second-order valence-corrected chi connectivity index (χ2v) is 4.76. The van der Waals surface area contributed by atoms with Crippen LogP contribution < -0.4 is 5.56 Å². The lowest BCUT2D eigenvalue weighted by molar-refractivity contribution is 0.0460. The fraction of sp³-hybridized carbons (Fsp3) is 0.0714. The third kappa shape index (κ3) is 2.94. The van der Waals surface area contributed by atoms with Gasteiger partial charge in [0.25, 0.3) is 5.56 Å². The number of halogens is 1. The predicted octanol–water partition coefficient (Wildman–Crippen LogP) is 1.49. The lowest BCUT2D eigenvalue weighted by Crippen LogP contribution is -2.16. The molecule has 3 rings (SSSR count). The maximum atomic E-state index is 12.0. The second kappa shape index (κ2) is 5.90. The lowest BCUT2D eigenvalue weighted by Gasteiger charge is -2.05. The van der Waals surface area contributed by atoms with Crippen molar-refractivity contribution in [2.75, 3.05) is 0 Å². The van der Waals surface area contributed by atoms with E-state index in [4.69, 9.17) is 16.3 Å². The molecule has 8 heteroatoms. The highest BCUT2D eigenvalue weighted by Gasteiger charge is 2.10. The zero-order valence-electron chi connectivity index (χ0n) is 11.1. The summed E-state index contributed by atoms with van der Waals surface area (Å²) >= 11 is 5.83. The summed E-state index contributed by atoms with van der Waals surface area (Å²) in [6, 6.07) is 4.52. The van der Waals surface area contributed by atoms with Crippen molar-refractivity contribution >= 4 is 23.2 Å². The Balaban J connectivity index is 1.81. The molecule has 7 nitrogen and oxygen atoms in total. The first kappa shape index (κ1) is 14.2. The molecule has 0 aromatic carbocycles. The number of hydrogen-bond donors (Lipinski definition) is 0. The van der Waals surface area contributed by atoms with Gasteiger partial charge in [-0.1, -0.05) is 11.6 Å². The van der Waals surface area contributed by atoms with Gasteiger partial charge in [-0.05, 0) is 12.1 Å². The van der Waals surface area contributed by atoms with Crippen molar-refractivity contribution in [3.05, 3.63) is 69.8 Å². The highest BCUT2D eigenvalue weighted by Crippen LogP contribution is 2.09. The van der Waals surface area contributed by atoms with Crippen LogP contribution in [0.15, 0.2) is 47.8 Å². The number of pyridine rings is 1. The third-order valence-electron chi connectivity index (χ3n) is 2.80. The summed E-state index contributed by atoms with van der Waals surface area (Å²) in [6.07, 6.45) is 5.61. The largest absolute Gasteiger partial charge is 0.454 e. The van der Waals surface area contributed by atoms with E-state index in [-0.39, 0.29) is 17.9 Å². The fourth-order valence-electron chi connectivity index (χ4n) is 1.82. The Morgan fingerprint density at radius 3 is 2.95 bits per heavy atom. The Morgan fingerprint density at radius 1 is 1.32 bits per heavy atom. The number of fused-ring (bicyclic) bond motifs is 1. The van der Waals surface area contributed by atoms with Crippen LogP contribution >= 0.6 is 11.6 Å². The van der Waals surface area contributed by atoms with Crippen molar-refractivity contribution in [1.82, 2.24) is 19.4 Å². The first-order valence-electron chi connectivity index (χ1n) is 6.24. The zero-order chi connectivity index (χ0) is 15.5. The standard InChI is InChI=1S/C14H9ClN4O3/c15-9-1-2-12-18-10(5-13(20)19(12)7-9)8-22-14(21)11-6-16-3-4-17-11/h1-7H,8H2. The molecule has 3 aromatic rings. The van der Waals surface area contributed by atoms with E-state index in [0.29, 0.717) is 16.4 Å². The molecule has 3 heterocycles. The minimum atomic E-state index is -0.633. The fourth-order valence-corrected chi connectivity index (χ4v) is 1.98. The number of ether oxygens (including phenoxy) is 1. The summed E-state index contributed by atoms with van der Waals surface area (Å²) < 4.78 is 6.38. The van der Waals surface area contributed by atoms with E-state index in [1.165, 1.54) is 35.3 Å². The quantitative estimate of drug-likeness (QED) is 0.680. The minimum absolute atomic E-state index is 0.0896. The van der Waals surface area contributed by atoms with E-state index in [0.717, 1.165) is 0 Å². The monoisotopic (exact) mass is 316 g/mol. The van der Waals surface area contributed by atoms with Gasteiger partial charge in [-0.2, -0.15) is 0 Å². The van der Waals surface area contributed by atoms with Gasteiger partial charge < -0.3 is 4.74 Å². The van der Waals surface area contributed by atoms with Gasteiger partial charge in [0.1, 0.15) is 12.3 Å². The summed E-state index contributed by atoms with van der Waals surface area (Å²) in [4.78, 5) is 35.6. The van der Waals surface area contributed by atoms with Crippen LogP contribution in [-0.2, 0) is 11.3 Å². The zero-order valence-corrected chi connectivity index (χ0v) is 11.9. The van der Waals surface area contributed by atoms with Crippen LogP contribution in [0.4, 0.5) is 0 Å². The topological polar surface area (TPSA) is 86.5 Å². The normalized spacial score (nSPS) is 10.6. The maximum absolute atomic E-state index is 12.0. The Bertz CT molecular complexity index is 895. The summed E-state index contributed by atoms with van der Waals surface area (Å²) in [6.45, 7) is -0.135. The van der Waals surface area contributed by atoms with E-state index in [9.17, 15) is 9.59 Å². The Morgan fingerprint density at radius 2 is 2.18 bits per heavy atom. The van der Waals surface area contributed by atoms with Crippen LogP contribution in [0.1, 0.15) is 16.2 Å². The van der Waals surface area contributed by atoms with Crippen LogP contribution in [0.5, 0.6) is 0 Å². The number of hydrogen-bond acceptors (Lipinski definition) is 6. The highest BCUT2D eigenvalue weighted by atomic mass is 35.5. The van der Waals surface area contributed by atoms with E-state index in [1.54, 1.807) is 12.1 Å². The maximum Gasteiger partial charge on any atom is 0.358 e. The summed E-state index contributed by atoms with van der Waals surface area (Å²) in [7, 11) is 0. The van der Waals surface area contributed by atoms with Crippen molar-refractivity contribution in [1.29, 1.82) is 0 Å². The lowest BCUT2D eigenvalue weighted by atomic mass is 10.4. The van der Waals surface area contributed by atoms with E-state index >= 15 is 0 Å². The number of carbonyl (C=O) groups is 1. The molecule has 0 amide bonds. The Hall–Kier alpha value is -2.80. The van der Waals surface area contributed by atoms with E-state index in [1.807, 2.05) is 0 Å². The molecule has 0 saturated heterocycles. The molecule has 22 heavy (non-hydrogen) atoms. The Kier molecular flexibility index (Phi) is 3.80. The number of esters is 1. The van der Waals surface area contributed by atoms with Crippen molar-refractivity contribution in [2.24, 2.45) is 0 Å². The van der Waals surface area contributed by atoms with Gasteiger partial charge in [0.2, 0.25) is 0 Å². The van der Waals surface area contributed by atoms with Crippen LogP contribution in [0.25, 0.3) is 5.65 Å². The van der Waals surface area contributed by atoms with E-state index in [2.05, 4.69) is 15.0 Å². The predicted molar refractivity (Wildman–Crippen MR) is 77.6 cm³/mol. The minimum Gasteiger partial charge on any atom is -0.454 e. The summed E-state index contributed by atoms with van der Waals surface area (Å²) in [5.74, 6) is -0.633. The molecule has 0 atom stereocenters. The summed E-state index contributed by atoms with van der Waals surface area (Å²) in [5, 5.41) is 0.429. The van der Waals surface area contributed by atoms with Gasteiger partial charge in [-0.25, -0.2) is 14.8 Å². The first-order valence-corrected chi connectivity index (χ1v) is 6.62. The van der Waals surface area contributed by atoms with Crippen molar-refractivity contribution < 1.29 is 9.53 Å². The van der Waals surface area contributed by atoms with Gasteiger partial charge in [-0.3, -0.25) is 14.2 Å². The Labute approximate surface area is 129 Å². The molecule has 3 aromatic heterocycles. The molecule has 0 spiro atoms. The van der Waals surface area contributed by atoms with Gasteiger partial charge >= 0.3 is 5.97 Å². The molecular formula is C14H9ClN4O3. The molecule has 0 fully saturated rings. The second-order valence-electron chi connectivity index (χ2n) is 4.33. The van der Waals surface area contributed by atoms with Crippen molar-refractivity contribution in [2.45, 2.75) is 6.61 Å². The average Bonchev–Trinajstić information content (AvgIpc) is 2.54. The van der Waals surface area contributed by atoms with Crippen LogP contribution in [0.2, 0.25) is 5.02 Å². The molecule has 0 aliphatic carbocycles. The van der Waals surface area contributed by atoms with Gasteiger partial charge in [0.05, 0.1) is 16.9 Å². The van der Waals surface area contributed by atoms with Gasteiger partial charge in [0, 0.05) is 24.7 Å². The average molecular weight is 317 g/mol. The van der Waals surface area contributed by atoms with Gasteiger partial charge in [-0.15, -0.1) is 0 Å². The van der Waals surface area contributed by atoms with Gasteiger partial charge in [0.15, 0.2) is 5.69 Å². The smallest absolute Gasteiger partial charge is 0.358 e. The first-order chi connectivity index (χ1) is 10.6. The molecule has 0 radical (unpaired) electrons. The number of aromatic nitrogens is 4. The molecule has 0 unspecified atom stereocenters. The van der Waals surface area contributed by atoms with Crippen LogP contribution in [-0.4, -0.2) is 25.3 Å². The van der Waals surface area contributed by atoms with E-state index < -0.39 is 5.97 Å². The molecule has 0 bridgehead atoms. The van der Waals surface area contributed by atoms with Crippen LogP contribution in [0, 0.1) is 0 Å². The highest BCUT2D eigenvalue weighted by molar-refractivity contribution is 6.30. The molecule has 110 valence electrons. The number of carbonyl (C=O) groups excluding carboxylic acids is 1.